The number of amides is 3. The molecule has 184 valence electrons. The average Bonchev–Trinajstić information content (AvgIpc) is 3.60. The van der Waals surface area contributed by atoms with Crippen molar-refractivity contribution in [3.8, 4) is 0 Å². The van der Waals surface area contributed by atoms with Crippen molar-refractivity contribution in [2.75, 3.05) is 11.4 Å². The van der Waals surface area contributed by atoms with E-state index in [0.29, 0.717) is 21.9 Å². The molecule has 2 aromatic carbocycles. The fourth-order valence-corrected chi connectivity index (χ4v) is 4.27. The summed E-state index contributed by atoms with van der Waals surface area (Å²) in [5.41, 5.74) is 1.85. The van der Waals surface area contributed by atoms with Gasteiger partial charge in [0.05, 0.1) is 24.2 Å². The molecule has 0 aliphatic heterocycles. The number of rotatable bonds is 9. The predicted octanol–water partition coefficient (Wildman–Crippen LogP) is 4.61. The van der Waals surface area contributed by atoms with Crippen molar-refractivity contribution in [2.24, 2.45) is 0 Å². The lowest BCUT2D eigenvalue weighted by molar-refractivity contribution is -0.126. The standard InChI is InChI=1S/C27H24FN3O4S/c1-18-6-8-19(9-7-18)25(27(34)29-16-22-4-2-14-35-22)31(21-12-10-20(28)11-13-21)24(32)17-30-26(33)23-5-3-15-36-23/h2-15,25H,16-17H2,1H3,(H,29,34)(H,30,33)/t25-/m0/s1. The molecule has 2 N–H and O–H groups in total. The van der Waals surface area contributed by atoms with Crippen molar-refractivity contribution in [1.29, 1.82) is 0 Å². The number of anilines is 1. The number of benzene rings is 2. The molecule has 4 rings (SSSR count). The van der Waals surface area contributed by atoms with Gasteiger partial charge in [-0.15, -0.1) is 11.3 Å². The Morgan fingerprint density at radius 2 is 1.72 bits per heavy atom. The van der Waals surface area contributed by atoms with Crippen LogP contribution in [0.4, 0.5) is 10.1 Å². The van der Waals surface area contributed by atoms with Crippen LogP contribution in [-0.4, -0.2) is 24.3 Å². The first-order valence-corrected chi connectivity index (χ1v) is 12.1. The Balaban J connectivity index is 1.67. The van der Waals surface area contributed by atoms with Crippen LogP contribution >= 0.6 is 11.3 Å². The molecule has 2 aromatic heterocycles. The lowest BCUT2D eigenvalue weighted by atomic mass is 10.0. The molecule has 0 fully saturated rings. The minimum Gasteiger partial charge on any atom is -0.467 e. The third kappa shape index (κ3) is 6.05. The second-order valence-corrected chi connectivity index (χ2v) is 8.96. The summed E-state index contributed by atoms with van der Waals surface area (Å²) in [7, 11) is 0. The molecule has 0 aliphatic rings. The Hall–Kier alpha value is -4.24. The lowest BCUT2D eigenvalue weighted by Crippen LogP contribution is -2.47. The molecule has 0 saturated heterocycles. The van der Waals surface area contributed by atoms with Gasteiger partial charge >= 0.3 is 0 Å². The fourth-order valence-electron chi connectivity index (χ4n) is 3.63. The van der Waals surface area contributed by atoms with Crippen molar-refractivity contribution in [1.82, 2.24) is 10.6 Å². The SMILES string of the molecule is Cc1ccc([C@@H](C(=O)NCc2ccco2)N(C(=O)CNC(=O)c2cccs2)c2ccc(F)cc2)cc1. The Bertz CT molecular complexity index is 1300. The van der Waals surface area contributed by atoms with E-state index in [2.05, 4.69) is 10.6 Å². The average molecular weight is 506 g/mol. The van der Waals surface area contributed by atoms with Crippen molar-refractivity contribution in [3.05, 3.63) is 112 Å². The van der Waals surface area contributed by atoms with Crippen LogP contribution in [0.25, 0.3) is 0 Å². The Morgan fingerprint density at radius 1 is 0.972 bits per heavy atom. The number of hydrogen-bond donors (Lipinski definition) is 2. The molecule has 7 nitrogen and oxygen atoms in total. The molecule has 36 heavy (non-hydrogen) atoms. The van der Waals surface area contributed by atoms with Gasteiger partial charge in [-0.25, -0.2) is 4.39 Å². The van der Waals surface area contributed by atoms with E-state index in [1.807, 2.05) is 19.1 Å². The van der Waals surface area contributed by atoms with Gasteiger partial charge in [-0.05, 0) is 60.3 Å². The maximum atomic E-state index is 13.7. The number of carbonyl (C=O) groups is 3. The van der Waals surface area contributed by atoms with E-state index in [0.717, 1.165) is 5.56 Å². The number of hydrogen-bond acceptors (Lipinski definition) is 5. The summed E-state index contributed by atoms with van der Waals surface area (Å²) in [6.07, 6.45) is 1.50. The first kappa shape index (κ1) is 24.9. The Morgan fingerprint density at radius 3 is 2.36 bits per heavy atom. The van der Waals surface area contributed by atoms with Crippen LogP contribution in [0.2, 0.25) is 0 Å². The largest absolute Gasteiger partial charge is 0.467 e. The van der Waals surface area contributed by atoms with Gasteiger partial charge in [-0.1, -0.05) is 35.9 Å². The molecule has 0 saturated carbocycles. The molecular formula is C27H24FN3O4S. The van der Waals surface area contributed by atoms with Crippen LogP contribution in [-0.2, 0) is 16.1 Å². The van der Waals surface area contributed by atoms with E-state index < -0.39 is 29.6 Å². The highest BCUT2D eigenvalue weighted by molar-refractivity contribution is 7.12. The van der Waals surface area contributed by atoms with Crippen molar-refractivity contribution in [2.45, 2.75) is 19.5 Å². The third-order valence-electron chi connectivity index (χ3n) is 5.44. The van der Waals surface area contributed by atoms with E-state index in [-0.39, 0.29) is 13.1 Å². The zero-order chi connectivity index (χ0) is 25.5. The van der Waals surface area contributed by atoms with Gasteiger partial charge in [0, 0.05) is 5.69 Å². The summed E-state index contributed by atoms with van der Waals surface area (Å²) in [6.45, 7) is 1.68. The molecule has 0 aliphatic carbocycles. The molecule has 4 aromatic rings. The van der Waals surface area contributed by atoms with E-state index in [1.54, 1.807) is 41.8 Å². The molecular weight excluding hydrogens is 481 g/mol. The predicted molar refractivity (Wildman–Crippen MR) is 135 cm³/mol. The zero-order valence-electron chi connectivity index (χ0n) is 19.4. The molecule has 0 radical (unpaired) electrons. The maximum absolute atomic E-state index is 13.7. The molecule has 0 bridgehead atoms. The number of aryl methyl sites for hydroxylation is 1. The Labute approximate surface area is 211 Å². The lowest BCUT2D eigenvalue weighted by Gasteiger charge is -2.31. The van der Waals surface area contributed by atoms with Crippen molar-refractivity contribution < 1.29 is 23.2 Å². The van der Waals surface area contributed by atoms with Crippen LogP contribution in [0.5, 0.6) is 0 Å². The highest BCUT2D eigenvalue weighted by Crippen LogP contribution is 2.29. The van der Waals surface area contributed by atoms with E-state index in [4.69, 9.17) is 4.42 Å². The van der Waals surface area contributed by atoms with Gasteiger partial charge in [0.2, 0.25) is 11.8 Å². The highest BCUT2D eigenvalue weighted by Gasteiger charge is 2.33. The molecule has 2 heterocycles. The van der Waals surface area contributed by atoms with Gasteiger partial charge in [-0.2, -0.15) is 0 Å². The fraction of sp³-hybridized carbons (Fsp3) is 0.148. The Kier molecular flexibility index (Phi) is 7.92. The smallest absolute Gasteiger partial charge is 0.261 e. The topological polar surface area (TPSA) is 91.7 Å². The normalized spacial score (nSPS) is 11.5. The summed E-state index contributed by atoms with van der Waals surface area (Å²) in [5.74, 6) is -1.32. The summed E-state index contributed by atoms with van der Waals surface area (Å²) < 4.78 is 19.0. The van der Waals surface area contributed by atoms with Crippen molar-refractivity contribution in [3.63, 3.8) is 0 Å². The number of halogens is 1. The minimum absolute atomic E-state index is 0.120. The number of nitrogens with one attached hydrogen (secondary N) is 2. The summed E-state index contributed by atoms with van der Waals surface area (Å²) in [4.78, 5) is 41.3. The third-order valence-corrected chi connectivity index (χ3v) is 6.30. The van der Waals surface area contributed by atoms with Gasteiger partial charge < -0.3 is 15.1 Å². The number of carbonyl (C=O) groups excluding carboxylic acids is 3. The van der Waals surface area contributed by atoms with E-state index in [1.165, 1.54) is 46.8 Å². The minimum atomic E-state index is -1.09. The monoisotopic (exact) mass is 505 g/mol. The molecule has 0 spiro atoms. The van der Waals surface area contributed by atoms with Crippen LogP contribution < -0.4 is 15.5 Å². The van der Waals surface area contributed by atoms with E-state index in [9.17, 15) is 18.8 Å². The molecule has 0 unspecified atom stereocenters. The second kappa shape index (κ2) is 11.5. The zero-order valence-corrected chi connectivity index (χ0v) is 20.3. The van der Waals surface area contributed by atoms with Crippen LogP contribution in [0.3, 0.4) is 0 Å². The van der Waals surface area contributed by atoms with Gasteiger partial charge in [0.25, 0.3) is 5.91 Å². The van der Waals surface area contributed by atoms with E-state index >= 15 is 0 Å². The van der Waals surface area contributed by atoms with Gasteiger partial charge in [0.15, 0.2) is 0 Å². The summed E-state index contributed by atoms with van der Waals surface area (Å²) >= 11 is 1.25. The van der Waals surface area contributed by atoms with Crippen molar-refractivity contribution >= 4 is 34.7 Å². The molecule has 3 amide bonds. The number of nitrogens with zero attached hydrogens (tertiary/aromatic N) is 1. The van der Waals surface area contributed by atoms with Crippen LogP contribution in [0, 0.1) is 12.7 Å². The first-order valence-electron chi connectivity index (χ1n) is 11.2. The highest BCUT2D eigenvalue weighted by atomic mass is 32.1. The van der Waals surface area contributed by atoms with Crippen LogP contribution in [0.1, 0.15) is 32.6 Å². The number of thiophene rings is 1. The second-order valence-electron chi connectivity index (χ2n) is 8.01. The van der Waals surface area contributed by atoms with Crippen LogP contribution in [0.15, 0.2) is 88.9 Å². The van der Waals surface area contributed by atoms with Gasteiger partial charge in [-0.3, -0.25) is 19.3 Å². The molecule has 9 heteroatoms. The number of furan rings is 1. The molecule has 1 atom stereocenters. The summed E-state index contributed by atoms with van der Waals surface area (Å²) in [6, 6.07) is 18.2. The summed E-state index contributed by atoms with van der Waals surface area (Å²) in [5, 5.41) is 7.19. The first-order chi connectivity index (χ1) is 17.4. The quantitative estimate of drug-likeness (QED) is 0.348. The maximum Gasteiger partial charge on any atom is 0.261 e. The van der Waals surface area contributed by atoms with Gasteiger partial charge in [0.1, 0.15) is 17.6 Å².